The molecular weight excluding hydrogens is 1080 g/mol. The summed E-state index contributed by atoms with van der Waals surface area (Å²) in [5.74, 6) is -1.43. The standard InChI is InChI=1S/C70H76B2F2N4O6Si/c1-10-47-20-28-58-67(34-47)85(8,9)68-39-54(75-7)27-30-59(68)69(58)60-35-48(21-19-46(60)6)49-24-29-57-61(36-49)63(43-77(32-14-13-18-66(79)44(2)3)40-50-22-25-52(73)37-64(50)71(81)82)56-17-12-11-16-55(56)62(57)42-78(33-15-31-76-70(80)45(4)5)41-51-23-26-53(74)38-65(51)72(83)84/h10-12,16-17,19-30,34-39,75,81-84H,2,4,13-15,18,31-33,40-43H2,1,3,5-9H3,(H,76,80)/b47-10+. The van der Waals surface area contributed by atoms with Gasteiger partial charge >= 0.3 is 14.2 Å². The van der Waals surface area contributed by atoms with Crippen molar-refractivity contribution in [2.75, 3.05) is 32.0 Å². The first-order chi connectivity index (χ1) is 40.7. The quantitative estimate of drug-likeness (QED) is 0.0153. The number of carbonyl (C=O) groups is 2. The maximum Gasteiger partial charge on any atom is 0.488 e. The summed E-state index contributed by atoms with van der Waals surface area (Å²) in [6.07, 6.45) is 4.27. The van der Waals surface area contributed by atoms with Crippen molar-refractivity contribution in [1.29, 1.82) is 0 Å². The number of nitrogens with one attached hydrogen (secondary N) is 2. The molecule has 0 spiro atoms. The molecule has 0 aliphatic carbocycles. The van der Waals surface area contributed by atoms with Crippen LogP contribution in [0.4, 0.5) is 14.5 Å². The lowest BCUT2D eigenvalue weighted by molar-refractivity contribution is -0.117. The van der Waals surface area contributed by atoms with Gasteiger partial charge < -0.3 is 30.7 Å². The summed E-state index contributed by atoms with van der Waals surface area (Å²) in [5.41, 5.74) is 11.9. The Hall–Kier alpha value is -7.59. The second kappa shape index (κ2) is 26.8. The van der Waals surface area contributed by atoms with E-state index < -0.39 is 33.9 Å². The van der Waals surface area contributed by atoms with Gasteiger partial charge in [-0.3, -0.25) is 19.4 Å². The molecule has 436 valence electrons. The van der Waals surface area contributed by atoms with Crippen molar-refractivity contribution in [2.45, 2.75) is 92.7 Å². The fraction of sp³-hybridized carbons (Fsp3) is 0.257. The Bertz CT molecular complexity index is 4040. The van der Waals surface area contributed by atoms with Crippen LogP contribution in [0.15, 0.2) is 158 Å². The third kappa shape index (κ3) is 13.7. The molecule has 8 aromatic rings. The molecule has 15 heteroatoms. The highest BCUT2D eigenvalue weighted by Gasteiger charge is 2.36. The van der Waals surface area contributed by atoms with E-state index in [0.717, 1.165) is 72.7 Å². The Kier molecular flexibility index (Phi) is 19.5. The van der Waals surface area contributed by atoms with E-state index in [1.807, 2.05) is 19.2 Å². The Morgan fingerprint density at radius 2 is 1.21 bits per heavy atom. The number of aryl methyl sites for hydroxylation is 1. The summed E-state index contributed by atoms with van der Waals surface area (Å²) < 4.78 is 29.6. The van der Waals surface area contributed by atoms with Gasteiger partial charge in [0, 0.05) is 64.0 Å². The van der Waals surface area contributed by atoms with Crippen molar-refractivity contribution in [1.82, 2.24) is 15.1 Å². The van der Waals surface area contributed by atoms with E-state index in [1.54, 1.807) is 26.0 Å². The van der Waals surface area contributed by atoms with Crippen LogP contribution in [0.2, 0.25) is 13.1 Å². The van der Waals surface area contributed by atoms with Crippen molar-refractivity contribution < 1.29 is 38.5 Å². The highest BCUT2D eigenvalue weighted by atomic mass is 28.3. The zero-order valence-corrected chi connectivity index (χ0v) is 50.9. The molecule has 0 fully saturated rings. The van der Waals surface area contributed by atoms with E-state index in [9.17, 15) is 38.5 Å². The highest BCUT2D eigenvalue weighted by Crippen LogP contribution is 2.39. The lowest BCUT2D eigenvalue weighted by Gasteiger charge is -2.34. The van der Waals surface area contributed by atoms with Crippen LogP contribution in [0, 0.1) is 18.6 Å². The fourth-order valence-corrected chi connectivity index (χ4v) is 15.3. The van der Waals surface area contributed by atoms with Gasteiger partial charge in [-0.1, -0.05) is 117 Å². The number of halogens is 2. The number of ketones is 1. The van der Waals surface area contributed by atoms with Crippen LogP contribution in [0.25, 0.3) is 44.3 Å². The highest BCUT2D eigenvalue weighted by molar-refractivity contribution is 7.01. The van der Waals surface area contributed by atoms with Gasteiger partial charge in [-0.15, -0.1) is 0 Å². The smallest absolute Gasteiger partial charge is 0.423 e. The number of anilines is 1. The summed E-state index contributed by atoms with van der Waals surface area (Å²) in [6, 6.07) is 43.4. The number of unbranched alkanes of at least 4 members (excludes halogenated alkanes) is 1. The van der Waals surface area contributed by atoms with E-state index in [1.165, 1.54) is 44.1 Å². The van der Waals surface area contributed by atoms with Gasteiger partial charge in [0.2, 0.25) is 5.91 Å². The second-order valence-electron chi connectivity index (χ2n) is 23.3. The average Bonchev–Trinajstić information content (AvgIpc) is 1.69. The zero-order valence-electron chi connectivity index (χ0n) is 49.9. The SMILES string of the molecule is C=C(C)C(=O)CCCCN(Cc1ccc(F)cc1B(O)O)Cc1c2ccccc2c(CN(CCCNC(=O)C(=C)C)Cc2ccc(F)cc2B(O)O)c2ccc(-c3ccc(C)c(C4=c5cc/c(=C\C)cc5[Si](C)(C)c5cc(NC)ccc54)c3)cc12. The molecule has 0 saturated heterocycles. The first kappa shape index (κ1) is 62.0. The van der Waals surface area contributed by atoms with Crippen LogP contribution in [-0.2, 0) is 35.8 Å². The lowest BCUT2D eigenvalue weighted by atomic mass is 9.76. The number of allylic oxidation sites excluding steroid dienone is 1. The number of rotatable bonds is 24. The summed E-state index contributed by atoms with van der Waals surface area (Å²) in [4.78, 5) is 29.9. The molecule has 9 rings (SSSR count). The van der Waals surface area contributed by atoms with Crippen molar-refractivity contribution in [3.63, 3.8) is 0 Å². The average molecular weight is 1160 g/mol. The summed E-state index contributed by atoms with van der Waals surface area (Å²) in [7, 11) is -4.07. The van der Waals surface area contributed by atoms with Crippen LogP contribution < -0.4 is 42.4 Å². The van der Waals surface area contributed by atoms with E-state index in [4.69, 9.17) is 0 Å². The van der Waals surface area contributed by atoms with Crippen molar-refractivity contribution >= 4 is 94.2 Å². The van der Waals surface area contributed by atoms with Crippen LogP contribution in [0.5, 0.6) is 0 Å². The molecule has 6 N–H and O–H groups in total. The van der Waals surface area contributed by atoms with Gasteiger partial charge in [0.25, 0.3) is 0 Å². The van der Waals surface area contributed by atoms with Gasteiger partial charge in [0.15, 0.2) is 5.78 Å². The maximum absolute atomic E-state index is 14.8. The van der Waals surface area contributed by atoms with Crippen LogP contribution in [0.1, 0.15) is 85.4 Å². The summed E-state index contributed by atoms with van der Waals surface area (Å²) in [6.45, 7) is 22.7. The van der Waals surface area contributed by atoms with Gasteiger partial charge in [-0.2, -0.15) is 0 Å². The van der Waals surface area contributed by atoms with E-state index in [0.29, 0.717) is 80.7 Å². The third-order valence-corrected chi connectivity index (χ3v) is 20.4. The van der Waals surface area contributed by atoms with Gasteiger partial charge in [0.1, 0.15) is 19.7 Å². The molecule has 0 saturated carbocycles. The largest absolute Gasteiger partial charge is 0.488 e. The van der Waals surface area contributed by atoms with Gasteiger partial charge in [-0.05, 0) is 217 Å². The first-order valence-corrected chi connectivity index (χ1v) is 32.2. The second-order valence-corrected chi connectivity index (χ2v) is 27.6. The molecule has 1 aliphatic heterocycles. The molecule has 85 heavy (non-hydrogen) atoms. The van der Waals surface area contributed by atoms with Crippen molar-refractivity contribution in [3.8, 4) is 11.1 Å². The molecule has 1 amide bonds. The Morgan fingerprint density at radius 1 is 0.624 bits per heavy atom. The maximum atomic E-state index is 14.8. The molecule has 1 heterocycles. The number of hydrogen-bond acceptors (Lipinski definition) is 9. The monoisotopic (exact) mass is 1160 g/mol. The lowest BCUT2D eigenvalue weighted by Crippen LogP contribution is -2.63. The van der Waals surface area contributed by atoms with Crippen LogP contribution in [-0.4, -0.2) is 90.6 Å². The molecule has 10 nitrogen and oxygen atoms in total. The molecule has 8 aromatic carbocycles. The minimum Gasteiger partial charge on any atom is -0.423 e. The summed E-state index contributed by atoms with van der Waals surface area (Å²) >= 11 is 0. The third-order valence-electron chi connectivity index (χ3n) is 16.9. The minimum absolute atomic E-state index is 0.00259. The zero-order chi connectivity index (χ0) is 60.9. The van der Waals surface area contributed by atoms with E-state index >= 15 is 0 Å². The number of amides is 1. The van der Waals surface area contributed by atoms with Crippen molar-refractivity contribution in [2.24, 2.45) is 0 Å². The number of Topliss-reactive ketones (excluding diaryl/α,β-unsaturated/α-hetero) is 1. The van der Waals surface area contributed by atoms with Crippen molar-refractivity contribution in [3.05, 3.63) is 219 Å². The van der Waals surface area contributed by atoms with Gasteiger partial charge in [0.05, 0.1) is 0 Å². The fourth-order valence-electron chi connectivity index (χ4n) is 12.2. The number of fused-ring (bicyclic) bond motifs is 4. The van der Waals surface area contributed by atoms with Crippen LogP contribution >= 0.6 is 0 Å². The van der Waals surface area contributed by atoms with Crippen LogP contribution in [0.3, 0.4) is 0 Å². The predicted molar refractivity (Wildman–Crippen MR) is 349 cm³/mol. The molecule has 0 radical (unpaired) electrons. The Balaban J connectivity index is 1.25. The Labute approximate surface area is 499 Å². The number of nitrogens with zero attached hydrogens (tertiary/aromatic N) is 2. The topological polar surface area (TPSA) is 146 Å². The first-order valence-electron chi connectivity index (χ1n) is 29.2. The van der Waals surface area contributed by atoms with Gasteiger partial charge in [-0.25, -0.2) is 8.78 Å². The predicted octanol–water partition coefficient (Wildman–Crippen LogP) is 8.23. The number of carbonyl (C=O) groups excluding carboxylic acids is 2. The molecule has 0 bridgehead atoms. The summed E-state index contributed by atoms with van der Waals surface area (Å²) in [5, 5.41) is 57.6. The normalized spacial score (nSPS) is 12.9. The minimum atomic E-state index is -2.20. The molecular formula is C70H76B2F2N4O6Si. The van der Waals surface area contributed by atoms with E-state index in [-0.39, 0.29) is 35.7 Å². The molecule has 0 aromatic heterocycles. The number of hydrogen-bond donors (Lipinski definition) is 6. The number of benzene rings is 8. The molecule has 0 atom stereocenters. The molecule has 1 aliphatic rings. The van der Waals surface area contributed by atoms with E-state index in [2.05, 4.69) is 152 Å². The Morgan fingerprint density at radius 3 is 1.80 bits per heavy atom. The molecule has 0 unspecified atom stereocenters.